The molecule has 0 aliphatic rings. The highest BCUT2D eigenvalue weighted by atomic mass is 79.9. The minimum absolute atomic E-state index is 0.0774. The summed E-state index contributed by atoms with van der Waals surface area (Å²) in [5.74, 6) is -0.190. The molecule has 0 aliphatic heterocycles. The number of alkyl halides is 2. The van der Waals surface area contributed by atoms with Gasteiger partial charge in [0.1, 0.15) is 10.6 Å². The molecule has 3 nitrogen and oxygen atoms in total. The molecule has 5 heteroatoms. The molecule has 0 aromatic carbocycles. The summed E-state index contributed by atoms with van der Waals surface area (Å²) in [4.78, 5) is 21.5. The largest absolute Gasteiger partial charge is 0.465 e. The van der Waals surface area contributed by atoms with E-state index in [9.17, 15) is 9.59 Å². The molecule has 0 amide bonds. The normalized spacial score (nSPS) is 14.6. The first-order valence-corrected chi connectivity index (χ1v) is 6.27. The van der Waals surface area contributed by atoms with Crippen molar-refractivity contribution in [3.05, 3.63) is 0 Å². The molecule has 0 aliphatic carbocycles. The number of halogens is 2. The summed E-state index contributed by atoms with van der Waals surface area (Å²) >= 11 is 6.45. The van der Waals surface area contributed by atoms with Crippen molar-refractivity contribution in [2.75, 3.05) is 6.61 Å². The van der Waals surface area contributed by atoms with Crippen molar-refractivity contribution in [2.45, 2.75) is 36.3 Å². The lowest BCUT2D eigenvalue weighted by atomic mass is 10.1. The van der Waals surface area contributed by atoms with Gasteiger partial charge in [0.15, 0.2) is 0 Å². The van der Waals surface area contributed by atoms with E-state index in [1.807, 2.05) is 0 Å². The number of carbonyl (C=O) groups is 2. The third-order valence-electron chi connectivity index (χ3n) is 1.66. The summed E-state index contributed by atoms with van der Waals surface area (Å²) in [6, 6.07) is 0. The van der Waals surface area contributed by atoms with Crippen LogP contribution in [0.2, 0.25) is 0 Å². The smallest absolute Gasteiger partial charge is 0.319 e. The van der Waals surface area contributed by atoms with Crippen LogP contribution < -0.4 is 0 Å². The third-order valence-corrected chi connectivity index (χ3v) is 3.59. The van der Waals surface area contributed by atoms with E-state index in [1.54, 1.807) is 6.92 Å². The van der Waals surface area contributed by atoms with Gasteiger partial charge in [-0.25, -0.2) is 0 Å². The SMILES string of the molecule is CCOC(=O)C(Br)CCC(Br)C(C)=O. The molecule has 0 saturated heterocycles. The highest BCUT2D eigenvalue weighted by Crippen LogP contribution is 2.16. The van der Waals surface area contributed by atoms with Crippen LogP contribution >= 0.6 is 31.9 Å². The number of Topliss-reactive ketones (excluding diaryl/α,β-unsaturated/α-hetero) is 1. The zero-order chi connectivity index (χ0) is 11.1. The standard InChI is InChI=1S/C9H14Br2O3/c1-3-14-9(13)8(11)5-4-7(10)6(2)12/h7-8H,3-5H2,1-2H3. The maximum atomic E-state index is 11.2. The van der Waals surface area contributed by atoms with E-state index in [4.69, 9.17) is 4.74 Å². The lowest BCUT2D eigenvalue weighted by molar-refractivity contribution is -0.142. The fourth-order valence-electron chi connectivity index (χ4n) is 0.846. The first-order chi connectivity index (χ1) is 6.49. The Balaban J connectivity index is 3.78. The third kappa shape index (κ3) is 5.75. The molecule has 2 unspecified atom stereocenters. The lowest BCUT2D eigenvalue weighted by Crippen LogP contribution is -2.20. The van der Waals surface area contributed by atoms with Crippen LogP contribution in [0.25, 0.3) is 0 Å². The first-order valence-electron chi connectivity index (χ1n) is 4.44. The van der Waals surface area contributed by atoms with Gasteiger partial charge < -0.3 is 4.74 Å². The molecular weight excluding hydrogens is 316 g/mol. The Bertz CT molecular complexity index is 206. The van der Waals surface area contributed by atoms with E-state index in [1.165, 1.54) is 6.92 Å². The number of ether oxygens (including phenoxy) is 1. The Labute approximate surface area is 101 Å². The molecule has 0 radical (unpaired) electrons. The molecule has 0 rings (SSSR count). The topological polar surface area (TPSA) is 43.4 Å². The van der Waals surface area contributed by atoms with E-state index in [2.05, 4.69) is 31.9 Å². The fraction of sp³-hybridized carbons (Fsp3) is 0.778. The Hall–Kier alpha value is 0.1000. The van der Waals surface area contributed by atoms with E-state index >= 15 is 0 Å². The molecule has 14 heavy (non-hydrogen) atoms. The molecular formula is C9H14Br2O3. The summed E-state index contributed by atoms with van der Waals surface area (Å²) in [6.07, 6.45) is 1.22. The summed E-state index contributed by atoms with van der Waals surface area (Å²) in [5, 5.41) is 0. The zero-order valence-corrected chi connectivity index (χ0v) is 11.4. The van der Waals surface area contributed by atoms with Crippen LogP contribution in [0.15, 0.2) is 0 Å². The predicted octanol–water partition coefficient (Wildman–Crippen LogP) is 2.45. The van der Waals surface area contributed by atoms with Crippen LogP contribution in [-0.4, -0.2) is 28.0 Å². The van der Waals surface area contributed by atoms with E-state index in [0.717, 1.165) is 0 Å². The second-order valence-corrected chi connectivity index (χ2v) is 5.09. The Morgan fingerprint density at radius 1 is 1.21 bits per heavy atom. The Kier molecular flexibility index (Phi) is 7.45. The van der Waals surface area contributed by atoms with Crippen LogP contribution in [0.4, 0.5) is 0 Å². The van der Waals surface area contributed by atoms with Gasteiger partial charge in [-0.05, 0) is 26.7 Å². The molecule has 0 saturated carbocycles. The molecule has 0 heterocycles. The van der Waals surface area contributed by atoms with Gasteiger partial charge in [0.25, 0.3) is 0 Å². The highest BCUT2D eigenvalue weighted by molar-refractivity contribution is 9.10. The summed E-state index contributed by atoms with van der Waals surface area (Å²) in [6.45, 7) is 3.67. The minimum atomic E-state index is -0.318. The highest BCUT2D eigenvalue weighted by Gasteiger charge is 2.18. The number of esters is 1. The molecule has 0 spiro atoms. The van der Waals surface area contributed by atoms with Crippen molar-refractivity contribution in [1.82, 2.24) is 0 Å². The summed E-state index contributed by atoms with van der Waals surface area (Å²) in [7, 11) is 0. The van der Waals surface area contributed by atoms with Gasteiger partial charge in [0.2, 0.25) is 0 Å². The zero-order valence-electron chi connectivity index (χ0n) is 8.26. The van der Waals surface area contributed by atoms with Crippen molar-refractivity contribution >= 4 is 43.6 Å². The lowest BCUT2D eigenvalue weighted by Gasteiger charge is -2.10. The monoisotopic (exact) mass is 328 g/mol. The van der Waals surface area contributed by atoms with Gasteiger partial charge in [0.05, 0.1) is 11.4 Å². The molecule has 0 aromatic rings. The van der Waals surface area contributed by atoms with Crippen LogP contribution in [-0.2, 0) is 14.3 Å². The fourth-order valence-corrected chi connectivity index (χ4v) is 1.51. The molecule has 0 N–H and O–H groups in total. The quantitative estimate of drug-likeness (QED) is 0.555. The average molecular weight is 330 g/mol. The summed E-state index contributed by atoms with van der Waals surface area (Å²) in [5.41, 5.74) is 0. The van der Waals surface area contributed by atoms with Crippen LogP contribution in [0.5, 0.6) is 0 Å². The van der Waals surface area contributed by atoms with Gasteiger partial charge >= 0.3 is 5.97 Å². The minimum Gasteiger partial charge on any atom is -0.465 e. The predicted molar refractivity (Wildman–Crippen MR) is 62.0 cm³/mol. The molecule has 0 fully saturated rings. The van der Waals surface area contributed by atoms with Gasteiger partial charge in [-0.15, -0.1) is 0 Å². The molecule has 82 valence electrons. The van der Waals surface area contributed by atoms with Crippen LogP contribution in [0.1, 0.15) is 26.7 Å². The van der Waals surface area contributed by atoms with Crippen molar-refractivity contribution in [3.8, 4) is 0 Å². The van der Waals surface area contributed by atoms with Gasteiger partial charge in [0, 0.05) is 0 Å². The van der Waals surface area contributed by atoms with Gasteiger partial charge in [-0.3, -0.25) is 9.59 Å². The number of carbonyl (C=O) groups excluding carboxylic acids is 2. The van der Waals surface area contributed by atoms with E-state index in [0.29, 0.717) is 19.4 Å². The molecule has 0 aromatic heterocycles. The Morgan fingerprint density at radius 2 is 1.71 bits per heavy atom. The second kappa shape index (κ2) is 7.40. The number of ketones is 1. The van der Waals surface area contributed by atoms with E-state index in [-0.39, 0.29) is 21.4 Å². The maximum Gasteiger partial charge on any atom is 0.319 e. The first kappa shape index (κ1) is 14.1. The molecule has 0 bridgehead atoms. The van der Waals surface area contributed by atoms with Crippen LogP contribution in [0.3, 0.4) is 0 Å². The second-order valence-electron chi connectivity index (χ2n) is 2.88. The van der Waals surface area contributed by atoms with Crippen LogP contribution in [0, 0.1) is 0 Å². The van der Waals surface area contributed by atoms with Crippen molar-refractivity contribution in [3.63, 3.8) is 0 Å². The van der Waals surface area contributed by atoms with Gasteiger partial charge in [-0.1, -0.05) is 31.9 Å². The number of rotatable bonds is 6. The van der Waals surface area contributed by atoms with Crippen molar-refractivity contribution < 1.29 is 14.3 Å². The maximum absolute atomic E-state index is 11.2. The number of hydrogen-bond acceptors (Lipinski definition) is 3. The Morgan fingerprint density at radius 3 is 2.14 bits per heavy atom. The van der Waals surface area contributed by atoms with Gasteiger partial charge in [-0.2, -0.15) is 0 Å². The average Bonchev–Trinajstić information content (AvgIpc) is 2.13. The van der Waals surface area contributed by atoms with Crippen molar-refractivity contribution in [2.24, 2.45) is 0 Å². The number of hydrogen-bond donors (Lipinski definition) is 0. The summed E-state index contributed by atoms with van der Waals surface area (Å²) < 4.78 is 4.81. The molecule has 2 atom stereocenters. The van der Waals surface area contributed by atoms with E-state index < -0.39 is 0 Å². The van der Waals surface area contributed by atoms with Crippen molar-refractivity contribution in [1.29, 1.82) is 0 Å².